The monoisotopic (exact) mass is 269 g/mol. The van der Waals surface area contributed by atoms with E-state index < -0.39 is 5.97 Å². The second-order valence-corrected chi connectivity index (χ2v) is 6.28. The fourth-order valence-electron chi connectivity index (χ4n) is 3.20. The van der Waals surface area contributed by atoms with E-state index in [1.807, 2.05) is 0 Å². The molecular weight excluding hydrogens is 242 g/mol. The summed E-state index contributed by atoms with van der Waals surface area (Å²) in [6.07, 6.45) is 5.22. The molecule has 19 heavy (non-hydrogen) atoms. The molecule has 0 aromatic heterocycles. The summed E-state index contributed by atoms with van der Waals surface area (Å²) in [6, 6.07) is 0.191. The van der Waals surface area contributed by atoms with E-state index in [1.165, 1.54) is 0 Å². The maximum atomic E-state index is 12.2. The standard InChI is InChI=1S/C15H27NO3/c1-4-12(11(2)3)16-13(17)9-15(10-14(18)19)7-5-6-8-15/h11-12H,4-10H2,1-3H3,(H,16,17)(H,18,19). The Morgan fingerprint density at radius 3 is 2.21 bits per heavy atom. The molecule has 2 N–H and O–H groups in total. The molecule has 1 aliphatic carbocycles. The van der Waals surface area contributed by atoms with Gasteiger partial charge in [-0.3, -0.25) is 9.59 Å². The third-order valence-corrected chi connectivity index (χ3v) is 4.32. The lowest BCUT2D eigenvalue weighted by Crippen LogP contribution is -2.40. The van der Waals surface area contributed by atoms with Crippen molar-refractivity contribution in [2.75, 3.05) is 0 Å². The summed E-state index contributed by atoms with van der Waals surface area (Å²) >= 11 is 0. The highest BCUT2D eigenvalue weighted by atomic mass is 16.4. The average molecular weight is 269 g/mol. The van der Waals surface area contributed by atoms with Crippen molar-refractivity contribution in [3.63, 3.8) is 0 Å². The van der Waals surface area contributed by atoms with Crippen molar-refractivity contribution in [2.24, 2.45) is 11.3 Å². The Labute approximate surface area is 116 Å². The molecule has 1 fully saturated rings. The number of carboxylic acids is 1. The van der Waals surface area contributed by atoms with Gasteiger partial charge in [0.1, 0.15) is 0 Å². The number of carboxylic acid groups (broad SMARTS) is 1. The van der Waals surface area contributed by atoms with E-state index >= 15 is 0 Å². The topological polar surface area (TPSA) is 66.4 Å². The first-order valence-corrected chi connectivity index (χ1v) is 7.40. The molecule has 0 aromatic carbocycles. The molecule has 4 nitrogen and oxygen atoms in total. The molecule has 1 atom stereocenters. The predicted molar refractivity (Wildman–Crippen MR) is 74.8 cm³/mol. The minimum absolute atomic E-state index is 0.0173. The molecular formula is C15H27NO3. The number of rotatable bonds is 7. The first kappa shape index (κ1) is 16.0. The van der Waals surface area contributed by atoms with E-state index in [-0.39, 0.29) is 23.8 Å². The van der Waals surface area contributed by atoms with Crippen molar-refractivity contribution < 1.29 is 14.7 Å². The number of carbonyl (C=O) groups is 2. The highest BCUT2D eigenvalue weighted by Crippen LogP contribution is 2.44. The van der Waals surface area contributed by atoms with Crippen LogP contribution >= 0.6 is 0 Å². The smallest absolute Gasteiger partial charge is 0.303 e. The van der Waals surface area contributed by atoms with Gasteiger partial charge in [-0.05, 0) is 30.6 Å². The predicted octanol–water partition coefficient (Wildman–Crippen LogP) is 2.96. The summed E-state index contributed by atoms with van der Waals surface area (Å²) in [7, 11) is 0. The van der Waals surface area contributed by atoms with Gasteiger partial charge in [-0.25, -0.2) is 0 Å². The molecule has 4 heteroatoms. The number of aliphatic carboxylic acids is 1. The molecule has 0 aromatic rings. The van der Waals surface area contributed by atoms with Gasteiger partial charge >= 0.3 is 5.97 Å². The first-order valence-electron chi connectivity index (χ1n) is 7.40. The molecule has 1 aliphatic rings. The molecule has 1 rings (SSSR count). The summed E-state index contributed by atoms with van der Waals surface area (Å²) in [5.74, 6) is -0.359. The van der Waals surface area contributed by atoms with Crippen LogP contribution in [0.2, 0.25) is 0 Å². The first-order chi connectivity index (χ1) is 8.88. The second-order valence-electron chi connectivity index (χ2n) is 6.28. The quantitative estimate of drug-likeness (QED) is 0.746. The van der Waals surface area contributed by atoms with Gasteiger partial charge in [0.2, 0.25) is 5.91 Å². The van der Waals surface area contributed by atoms with E-state index in [0.717, 1.165) is 32.1 Å². The van der Waals surface area contributed by atoms with Crippen LogP contribution in [0.1, 0.15) is 65.7 Å². The number of nitrogens with one attached hydrogen (secondary N) is 1. The molecule has 0 heterocycles. The van der Waals surface area contributed by atoms with E-state index in [2.05, 4.69) is 26.1 Å². The van der Waals surface area contributed by atoms with Gasteiger partial charge in [-0.1, -0.05) is 33.6 Å². The highest BCUT2D eigenvalue weighted by molar-refractivity contribution is 5.78. The molecule has 0 radical (unpaired) electrons. The van der Waals surface area contributed by atoms with Gasteiger partial charge < -0.3 is 10.4 Å². The van der Waals surface area contributed by atoms with Crippen LogP contribution in [0, 0.1) is 11.3 Å². The van der Waals surface area contributed by atoms with Gasteiger partial charge in [-0.15, -0.1) is 0 Å². The van der Waals surface area contributed by atoms with Crippen LogP contribution in [0.15, 0.2) is 0 Å². The molecule has 0 aliphatic heterocycles. The van der Waals surface area contributed by atoms with Crippen LogP contribution in [-0.4, -0.2) is 23.0 Å². The lowest BCUT2D eigenvalue weighted by molar-refractivity contribution is -0.140. The summed E-state index contributed by atoms with van der Waals surface area (Å²) in [4.78, 5) is 23.2. The van der Waals surface area contributed by atoms with E-state index in [0.29, 0.717) is 12.3 Å². The Morgan fingerprint density at radius 1 is 1.21 bits per heavy atom. The molecule has 1 unspecified atom stereocenters. The van der Waals surface area contributed by atoms with Crippen LogP contribution in [0.5, 0.6) is 0 Å². The second kappa shape index (κ2) is 6.92. The van der Waals surface area contributed by atoms with Gasteiger partial charge in [0.05, 0.1) is 6.42 Å². The van der Waals surface area contributed by atoms with Crippen molar-refractivity contribution in [3.05, 3.63) is 0 Å². The van der Waals surface area contributed by atoms with Crippen LogP contribution in [0.25, 0.3) is 0 Å². The van der Waals surface area contributed by atoms with E-state index in [4.69, 9.17) is 5.11 Å². The van der Waals surface area contributed by atoms with E-state index in [1.54, 1.807) is 0 Å². The fourth-order valence-corrected chi connectivity index (χ4v) is 3.20. The fraction of sp³-hybridized carbons (Fsp3) is 0.867. The average Bonchev–Trinajstić information content (AvgIpc) is 2.72. The number of amides is 1. The van der Waals surface area contributed by atoms with Crippen molar-refractivity contribution in [2.45, 2.75) is 71.8 Å². The Hall–Kier alpha value is -1.06. The molecule has 110 valence electrons. The lowest BCUT2D eigenvalue weighted by atomic mass is 9.79. The third-order valence-electron chi connectivity index (χ3n) is 4.32. The van der Waals surface area contributed by atoms with Gasteiger partial charge in [-0.2, -0.15) is 0 Å². The summed E-state index contributed by atoms with van der Waals surface area (Å²) in [5, 5.41) is 12.1. The summed E-state index contributed by atoms with van der Waals surface area (Å²) in [5.41, 5.74) is -0.300. The number of hydrogen-bond donors (Lipinski definition) is 2. The minimum Gasteiger partial charge on any atom is -0.481 e. The Morgan fingerprint density at radius 2 is 1.79 bits per heavy atom. The van der Waals surface area contributed by atoms with Crippen LogP contribution in [0.4, 0.5) is 0 Å². The molecule has 1 amide bonds. The molecule has 1 saturated carbocycles. The highest BCUT2D eigenvalue weighted by Gasteiger charge is 2.38. The van der Waals surface area contributed by atoms with E-state index in [9.17, 15) is 9.59 Å². The number of hydrogen-bond acceptors (Lipinski definition) is 2. The van der Waals surface area contributed by atoms with Crippen molar-refractivity contribution in [1.82, 2.24) is 5.32 Å². The summed E-state index contributed by atoms with van der Waals surface area (Å²) in [6.45, 7) is 6.25. The third kappa shape index (κ3) is 4.84. The Bertz CT molecular complexity index is 319. The van der Waals surface area contributed by atoms with Gasteiger partial charge in [0.25, 0.3) is 0 Å². The van der Waals surface area contributed by atoms with Gasteiger partial charge in [0, 0.05) is 12.5 Å². The maximum absolute atomic E-state index is 12.2. The normalized spacial score (nSPS) is 19.4. The number of carbonyl (C=O) groups excluding carboxylic acids is 1. The van der Waals surface area contributed by atoms with Crippen molar-refractivity contribution >= 4 is 11.9 Å². The maximum Gasteiger partial charge on any atom is 0.303 e. The Balaban J connectivity index is 2.59. The van der Waals surface area contributed by atoms with Crippen molar-refractivity contribution in [3.8, 4) is 0 Å². The summed E-state index contributed by atoms with van der Waals surface area (Å²) < 4.78 is 0. The lowest BCUT2D eigenvalue weighted by Gasteiger charge is -2.28. The van der Waals surface area contributed by atoms with Crippen molar-refractivity contribution in [1.29, 1.82) is 0 Å². The van der Waals surface area contributed by atoms with Crippen LogP contribution in [-0.2, 0) is 9.59 Å². The molecule has 0 spiro atoms. The largest absolute Gasteiger partial charge is 0.481 e. The zero-order valence-corrected chi connectivity index (χ0v) is 12.4. The zero-order valence-electron chi connectivity index (χ0n) is 12.4. The molecule has 0 bridgehead atoms. The molecule has 0 saturated heterocycles. The van der Waals surface area contributed by atoms with Crippen LogP contribution < -0.4 is 5.32 Å². The minimum atomic E-state index is -0.786. The van der Waals surface area contributed by atoms with Crippen LogP contribution in [0.3, 0.4) is 0 Å². The SMILES string of the molecule is CCC(NC(=O)CC1(CC(=O)O)CCCC1)C(C)C. The zero-order chi connectivity index (χ0) is 14.5. The van der Waals surface area contributed by atoms with Gasteiger partial charge in [0.15, 0.2) is 0 Å². The Kier molecular flexibility index (Phi) is 5.83.